The Hall–Kier alpha value is -0.670. The van der Waals surface area contributed by atoms with Gasteiger partial charge in [-0.25, -0.2) is 0 Å². The molecule has 0 aromatic rings. The number of carbonyl (C=O) groups excluding carboxylic acids is 1. The Labute approximate surface area is 144 Å². The van der Waals surface area contributed by atoms with Gasteiger partial charge in [-0.05, 0) is 68.6 Å². The fourth-order valence-electron chi connectivity index (χ4n) is 7.59. The summed E-state index contributed by atoms with van der Waals surface area (Å²) in [6.07, 6.45) is 11.0. The van der Waals surface area contributed by atoms with Gasteiger partial charge in [0.1, 0.15) is 5.78 Å². The first-order valence-corrected chi connectivity index (χ1v) is 9.95. The van der Waals surface area contributed by atoms with Crippen LogP contribution in [0.15, 0.2) is 11.6 Å². The second-order valence-electron chi connectivity index (χ2n) is 9.72. The summed E-state index contributed by atoms with van der Waals surface area (Å²) >= 11 is 0. The summed E-state index contributed by atoms with van der Waals surface area (Å²) in [6.45, 7) is 5.04. The minimum atomic E-state index is -0.932. The maximum absolute atomic E-state index is 12.0. The zero-order valence-corrected chi connectivity index (χ0v) is 15.0. The minimum Gasteiger partial charge on any atom is -0.365 e. The molecule has 3 heteroatoms. The third-order valence-electron chi connectivity index (χ3n) is 8.85. The molecular formula is C21H30O3. The number of allylic oxidation sites excluding steroid dienone is 2. The van der Waals surface area contributed by atoms with E-state index in [1.54, 1.807) is 5.57 Å². The standard InChI is InChI=1S/C21H30O3/c1-19-9-7-14(22)11-13(19)3-4-15-16(19)8-10-21-12-24-20(2,23)18(21)6-5-17(15)21/h8,13,15,17-18,23H,3-7,9-12H2,1-2H3/t13?,15-,17?,18-,19+,20?,21-/m1/s1. The molecule has 1 N–H and O–H groups in total. The van der Waals surface area contributed by atoms with Gasteiger partial charge >= 0.3 is 0 Å². The van der Waals surface area contributed by atoms with Crippen molar-refractivity contribution in [2.45, 2.75) is 71.0 Å². The van der Waals surface area contributed by atoms with Crippen LogP contribution in [0.3, 0.4) is 0 Å². The van der Waals surface area contributed by atoms with Crippen LogP contribution in [0.4, 0.5) is 0 Å². The molecule has 3 saturated carbocycles. The predicted octanol–water partition coefficient (Wildman–Crippen LogP) is 3.85. The lowest BCUT2D eigenvalue weighted by molar-refractivity contribution is -0.180. The molecule has 0 bridgehead atoms. The zero-order valence-electron chi connectivity index (χ0n) is 15.0. The molecule has 3 nitrogen and oxygen atoms in total. The molecule has 5 rings (SSSR count). The third-order valence-corrected chi connectivity index (χ3v) is 8.85. The number of rotatable bonds is 0. The van der Waals surface area contributed by atoms with Crippen molar-refractivity contribution < 1.29 is 14.6 Å². The molecule has 4 aliphatic carbocycles. The maximum Gasteiger partial charge on any atom is 0.166 e. The van der Waals surface area contributed by atoms with Crippen LogP contribution in [-0.2, 0) is 9.53 Å². The molecule has 1 saturated heterocycles. The van der Waals surface area contributed by atoms with Crippen molar-refractivity contribution in [2.75, 3.05) is 6.61 Å². The fourth-order valence-corrected chi connectivity index (χ4v) is 7.59. The molecule has 24 heavy (non-hydrogen) atoms. The Morgan fingerprint density at radius 2 is 2.04 bits per heavy atom. The summed E-state index contributed by atoms with van der Waals surface area (Å²) < 4.78 is 5.87. The van der Waals surface area contributed by atoms with Crippen LogP contribution >= 0.6 is 0 Å². The molecule has 7 atom stereocenters. The van der Waals surface area contributed by atoms with E-state index in [0.29, 0.717) is 29.5 Å². The highest BCUT2D eigenvalue weighted by molar-refractivity contribution is 5.80. The van der Waals surface area contributed by atoms with Gasteiger partial charge in [-0.2, -0.15) is 0 Å². The first-order valence-electron chi connectivity index (χ1n) is 9.95. The number of hydrogen-bond acceptors (Lipinski definition) is 3. The van der Waals surface area contributed by atoms with Crippen LogP contribution in [0, 0.1) is 34.5 Å². The Bertz CT molecular complexity index is 621. The van der Waals surface area contributed by atoms with Crippen molar-refractivity contribution in [2.24, 2.45) is 34.5 Å². The molecule has 1 aliphatic heterocycles. The number of carbonyl (C=O) groups is 1. The number of fused-ring (bicyclic) bond motifs is 4. The molecule has 0 radical (unpaired) electrons. The van der Waals surface area contributed by atoms with Crippen LogP contribution in [0.1, 0.15) is 65.2 Å². The number of ketones is 1. The molecule has 1 spiro atoms. The summed E-state index contributed by atoms with van der Waals surface area (Å²) in [5, 5.41) is 10.7. The average Bonchev–Trinajstić information content (AvgIpc) is 3.04. The van der Waals surface area contributed by atoms with Gasteiger partial charge in [0.05, 0.1) is 6.61 Å². The minimum absolute atomic E-state index is 0.172. The monoisotopic (exact) mass is 330 g/mol. The van der Waals surface area contributed by atoms with Gasteiger partial charge in [-0.1, -0.05) is 18.6 Å². The van der Waals surface area contributed by atoms with Crippen LogP contribution in [0.2, 0.25) is 0 Å². The summed E-state index contributed by atoms with van der Waals surface area (Å²) in [7, 11) is 0. The molecule has 0 aromatic heterocycles. The molecule has 1 heterocycles. The van der Waals surface area contributed by atoms with E-state index in [0.717, 1.165) is 38.7 Å². The Kier molecular flexibility index (Phi) is 3.07. The topological polar surface area (TPSA) is 46.5 Å². The van der Waals surface area contributed by atoms with E-state index < -0.39 is 5.79 Å². The van der Waals surface area contributed by atoms with Crippen LogP contribution < -0.4 is 0 Å². The lowest BCUT2D eigenvalue weighted by atomic mass is 9.48. The van der Waals surface area contributed by atoms with Crippen molar-refractivity contribution in [3.63, 3.8) is 0 Å². The SMILES string of the molecule is CC1(O)OC[C@]23CC=C4[C@@H](CCC5CC(=O)CC[C@]45C)C2CC[C@H]13. The van der Waals surface area contributed by atoms with Crippen molar-refractivity contribution in [1.82, 2.24) is 0 Å². The van der Waals surface area contributed by atoms with Gasteiger partial charge in [0.25, 0.3) is 0 Å². The largest absolute Gasteiger partial charge is 0.365 e. The second-order valence-corrected chi connectivity index (χ2v) is 9.72. The van der Waals surface area contributed by atoms with Gasteiger partial charge in [0.15, 0.2) is 5.79 Å². The van der Waals surface area contributed by atoms with Gasteiger partial charge < -0.3 is 9.84 Å². The first kappa shape index (κ1) is 15.6. The second kappa shape index (κ2) is 4.73. The van der Waals surface area contributed by atoms with E-state index in [9.17, 15) is 9.90 Å². The first-order chi connectivity index (χ1) is 11.4. The van der Waals surface area contributed by atoms with E-state index in [1.165, 1.54) is 19.3 Å². The normalized spacial score (nSPS) is 56.1. The number of Topliss-reactive ketones (excluding diaryl/α,β-unsaturated/α-hetero) is 1. The summed E-state index contributed by atoms with van der Waals surface area (Å²) in [5.41, 5.74) is 2.10. The van der Waals surface area contributed by atoms with Gasteiger partial charge in [0.2, 0.25) is 0 Å². The van der Waals surface area contributed by atoms with Gasteiger partial charge in [0, 0.05) is 24.2 Å². The van der Waals surface area contributed by atoms with E-state index in [4.69, 9.17) is 4.74 Å². The van der Waals surface area contributed by atoms with E-state index in [-0.39, 0.29) is 10.8 Å². The van der Waals surface area contributed by atoms with E-state index in [2.05, 4.69) is 13.0 Å². The molecule has 4 fully saturated rings. The maximum atomic E-state index is 12.0. The summed E-state index contributed by atoms with van der Waals surface area (Å²) in [4.78, 5) is 12.0. The summed E-state index contributed by atoms with van der Waals surface area (Å²) in [6, 6.07) is 0. The molecule has 5 aliphatic rings. The number of hydrogen-bond donors (Lipinski definition) is 1. The smallest absolute Gasteiger partial charge is 0.166 e. The molecule has 0 amide bonds. The van der Waals surface area contributed by atoms with Crippen molar-refractivity contribution in [3.05, 3.63) is 11.6 Å². The van der Waals surface area contributed by atoms with E-state index in [1.807, 2.05) is 6.92 Å². The molecule has 132 valence electrons. The molecular weight excluding hydrogens is 300 g/mol. The predicted molar refractivity (Wildman–Crippen MR) is 91.1 cm³/mol. The number of ether oxygens (including phenoxy) is 1. The lowest BCUT2D eigenvalue weighted by Gasteiger charge is -2.55. The molecule has 3 unspecified atom stereocenters. The highest BCUT2D eigenvalue weighted by Crippen LogP contribution is 2.68. The third kappa shape index (κ3) is 1.78. The Balaban J connectivity index is 1.53. The number of aliphatic hydroxyl groups is 1. The Morgan fingerprint density at radius 3 is 2.88 bits per heavy atom. The quantitative estimate of drug-likeness (QED) is 0.686. The van der Waals surface area contributed by atoms with Crippen molar-refractivity contribution in [1.29, 1.82) is 0 Å². The van der Waals surface area contributed by atoms with Crippen molar-refractivity contribution >= 4 is 5.78 Å². The van der Waals surface area contributed by atoms with Crippen LogP contribution in [0.5, 0.6) is 0 Å². The fraction of sp³-hybridized carbons (Fsp3) is 0.857. The highest BCUT2D eigenvalue weighted by Gasteiger charge is 2.65. The average molecular weight is 330 g/mol. The van der Waals surface area contributed by atoms with Crippen LogP contribution in [-0.4, -0.2) is 23.3 Å². The van der Waals surface area contributed by atoms with Crippen LogP contribution in [0.25, 0.3) is 0 Å². The Morgan fingerprint density at radius 1 is 1.21 bits per heavy atom. The van der Waals surface area contributed by atoms with Gasteiger partial charge in [-0.15, -0.1) is 0 Å². The van der Waals surface area contributed by atoms with Gasteiger partial charge in [-0.3, -0.25) is 4.79 Å². The van der Waals surface area contributed by atoms with E-state index >= 15 is 0 Å². The highest BCUT2D eigenvalue weighted by atomic mass is 16.6. The zero-order chi connectivity index (χ0) is 16.7. The van der Waals surface area contributed by atoms with Crippen molar-refractivity contribution in [3.8, 4) is 0 Å². The lowest BCUT2D eigenvalue weighted by Crippen LogP contribution is -2.49. The summed E-state index contributed by atoms with van der Waals surface area (Å²) in [5.74, 6) is 1.74. The molecule has 0 aromatic carbocycles.